The highest BCUT2D eigenvalue weighted by Crippen LogP contribution is 2.31. The highest BCUT2D eigenvalue weighted by molar-refractivity contribution is 7.87. The zero-order valence-corrected chi connectivity index (χ0v) is 11.2. The Balaban J connectivity index is 2.41. The van der Waals surface area contributed by atoms with Crippen LogP contribution in [-0.4, -0.2) is 20.6 Å². The van der Waals surface area contributed by atoms with Crippen LogP contribution in [0.5, 0.6) is 17.2 Å². The molecule has 0 saturated carbocycles. The zero-order valence-electron chi connectivity index (χ0n) is 10.4. The maximum atomic E-state index is 12.9. The Bertz CT molecular complexity index is 727. The van der Waals surface area contributed by atoms with E-state index in [4.69, 9.17) is 8.92 Å². The van der Waals surface area contributed by atoms with Gasteiger partial charge in [-0.1, -0.05) is 12.1 Å². The number of methoxy groups -OCH3 is 1. The van der Waals surface area contributed by atoms with Crippen LogP contribution in [0.3, 0.4) is 0 Å². The fourth-order valence-electron chi connectivity index (χ4n) is 1.55. The molecule has 0 radical (unpaired) electrons. The van der Waals surface area contributed by atoms with Gasteiger partial charge in [0.05, 0.1) is 7.11 Å². The summed E-state index contributed by atoms with van der Waals surface area (Å²) in [5.41, 5.74) is 0. The molecule has 0 spiro atoms. The molecule has 1 N–H and O–H groups in total. The van der Waals surface area contributed by atoms with Crippen molar-refractivity contribution in [2.75, 3.05) is 7.11 Å². The molecule has 0 amide bonds. The normalized spacial score (nSPS) is 11.1. The van der Waals surface area contributed by atoms with Crippen LogP contribution < -0.4 is 8.92 Å². The molecule has 2 aromatic rings. The number of benzene rings is 2. The SMILES string of the molecule is COc1ccccc1OS(=O)(=O)c1ccc(F)cc1O. The number of halogens is 1. The molecule has 0 aliphatic carbocycles. The lowest BCUT2D eigenvalue weighted by atomic mass is 10.3. The van der Waals surface area contributed by atoms with Crippen LogP contribution in [0, 0.1) is 5.82 Å². The van der Waals surface area contributed by atoms with E-state index in [1.165, 1.54) is 19.2 Å². The molecular formula is C13H11FO5S. The molecule has 0 bridgehead atoms. The third-order valence-electron chi connectivity index (χ3n) is 2.46. The summed E-state index contributed by atoms with van der Waals surface area (Å²) in [6.45, 7) is 0. The summed E-state index contributed by atoms with van der Waals surface area (Å²) in [4.78, 5) is -0.523. The topological polar surface area (TPSA) is 72.8 Å². The van der Waals surface area contributed by atoms with Crippen molar-refractivity contribution in [3.8, 4) is 17.2 Å². The number of hydrogen-bond donors (Lipinski definition) is 1. The average Bonchev–Trinajstić information content (AvgIpc) is 2.38. The second-order valence-electron chi connectivity index (χ2n) is 3.80. The molecule has 0 saturated heterocycles. The first kappa shape index (κ1) is 14.1. The van der Waals surface area contributed by atoms with Crippen molar-refractivity contribution in [2.45, 2.75) is 4.90 Å². The summed E-state index contributed by atoms with van der Waals surface area (Å²) in [7, 11) is -2.92. The lowest BCUT2D eigenvalue weighted by Crippen LogP contribution is -2.10. The van der Waals surface area contributed by atoms with E-state index < -0.39 is 26.6 Å². The van der Waals surface area contributed by atoms with Gasteiger partial charge in [-0.05, 0) is 24.3 Å². The van der Waals surface area contributed by atoms with Crippen LogP contribution in [0.15, 0.2) is 47.4 Å². The number of phenolic OH excluding ortho intramolecular Hbond substituents is 1. The van der Waals surface area contributed by atoms with Crippen LogP contribution in [0.2, 0.25) is 0 Å². The lowest BCUT2D eigenvalue weighted by Gasteiger charge is -2.11. The van der Waals surface area contributed by atoms with E-state index in [2.05, 4.69) is 0 Å². The lowest BCUT2D eigenvalue weighted by molar-refractivity contribution is 0.389. The Hall–Kier alpha value is -2.28. The fraction of sp³-hybridized carbons (Fsp3) is 0.0769. The maximum absolute atomic E-state index is 12.9. The minimum atomic E-state index is -4.29. The van der Waals surface area contributed by atoms with Gasteiger partial charge in [0.2, 0.25) is 0 Å². The molecule has 0 fully saturated rings. The largest absolute Gasteiger partial charge is 0.506 e. The van der Waals surface area contributed by atoms with Gasteiger partial charge >= 0.3 is 10.1 Å². The maximum Gasteiger partial charge on any atom is 0.343 e. The predicted octanol–water partition coefficient (Wildman–Crippen LogP) is 2.31. The zero-order chi connectivity index (χ0) is 14.8. The van der Waals surface area contributed by atoms with E-state index in [-0.39, 0.29) is 11.5 Å². The Morgan fingerprint density at radius 1 is 1.10 bits per heavy atom. The van der Waals surface area contributed by atoms with E-state index in [0.717, 1.165) is 12.1 Å². The first-order valence-electron chi connectivity index (χ1n) is 5.50. The predicted molar refractivity (Wildman–Crippen MR) is 68.9 cm³/mol. The Morgan fingerprint density at radius 2 is 1.75 bits per heavy atom. The molecule has 0 unspecified atom stereocenters. The molecular weight excluding hydrogens is 287 g/mol. The third kappa shape index (κ3) is 2.83. The van der Waals surface area contributed by atoms with Crippen molar-refractivity contribution in [3.63, 3.8) is 0 Å². The van der Waals surface area contributed by atoms with E-state index in [1.807, 2.05) is 0 Å². The number of hydrogen-bond acceptors (Lipinski definition) is 5. The van der Waals surface area contributed by atoms with E-state index >= 15 is 0 Å². The summed E-state index contributed by atoms with van der Waals surface area (Å²) in [5.74, 6) is -1.28. The van der Waals surface area contributed by atoms with Crippen molar-refractivity contribution in [3.05, 3.63) is 48.3 Å². The van der Waals surface area contributed by atoms with Crippen LogP contribution in [0.1, 0.15) is 0 Å². The number of para-hydroxylation sites is 2. The van der Waals surface area contributed by atoms with Gasteiger partial charge in [-0.15, -0.1) is 0 Å². The first-order chi connectivity index (χ1) is 9.44. The first-order valence-corrected chi connectivity index (χ1v) is 6.91. The summed E-state index contributed by atoms with van der Waals surface area (Å²) < 4.78 is 46.8. The van der Waals surface area contributed by atoms with E-state index in [1.54, 1.807) is 12.1 Å². The van der Waals surface area contributed by atoms with Crippen molar-refractivity contribution in [2.24, 2.45) is 0 Å². The van der Waals surface area contributed by atoms with Crippen LogP contribution in [0.4, 0.5) is 4.39 Å². The van der Waals surface area contributed by atoms with Gasteiger partial charge in [0, 0.05) is 6.07 Å². The van der Waals surface area contributed by atoms with E-state index in [9.17, 15) is 17.9 Å². The van der Waals surface area contributed by atoms with Gasteiger partial charge in [0.15, 0.2) is 11.5 Å². The summed E-state index contributed by atoms with van der Waals surface area (Å²) in [6, 6.07) is 8.67. The summed E-state index contributed by atoms with van der Waals surface area (Å²) in [5, 5.41) is 9.50. The van der Waals surface area contributed by atoms with E-state index in [0.29, 0.717) is 6.07 Å². The Kier molecular flexibility index (Phi) is 3.80. The molecule has 0 atom stereocenters. The summed E-state index contributed by atoms with van der Waals surface area (Å²) >= 11 is 0. The Labute approximate surface area is 115 Å². The Morgan fingerprint density at radius 3 is 2.35 bits per heavy atom. The van der Waals surface area contributed by atoms with Crippen LogP contribution in [0.25, 0.3) is 0 Å². The highest BCUT2D eigenvalue weighted by atomic mass is 32.2. The molecule has 106 valence electrons. The molecule has 0 aromatic heterocycles. The van der Waals surface area contributed by atoms with Crippen molar-refractivity contribution in [1.82, 2.24) is 0 Å². The molecule has 5 nitrogen and oxygen atoms in total. The van der Waals surface area contributed by atoms with Gasteiger partial charge in [0.25, 0.3) is 0 Å². The second kappa shape index (κ2) is 5.38. The molecule has 20 heavy (non-hydrogen) atoms. The van der Waals surface area contributed by atoms with Gasteiger partial charge in [0.1, 0.15) is 16.5 Å². The average molecular weight is 298 g/mol. The molecule has 0 aliphatic rings. The molecule has 7 heteroatoms. The fourth-order valence-corrected chi connectivity index (χ4v) is 2.57. The number of aromatic hydroxyl groups is 1. The monoisotopic (exact) mass is 298 g/mol. The van der Waals surface area contributed by atoms with Crippen molar-refractivity contribution in [1.29, 1.82) is 0 Å². The molecule has 0 heterocycles. The van der Waals surface area contributed by atoms with Crippen molar-refractivity contribution < 1.29 is 26.8 Å². The second-order valence-corrected chi connectivity index (χ2v) is 5.32. The van der Waals surface area contributed by atoms with Gasteiger partial charge in [-0.2, -0.15) is 8.42 Å². The number of rotatable bonds is 4. The van der Waals surface area contributed by atoms with Crippen molar-refractivity contribution >= 4 is 10.1 Å². The standard InChI is InChI=1S/C13H11FO5S/c1-18-11-4-2-3-5-12(11)19-20(16,17)13-7-6-9(14)8-10(13)15/h2-8,15H,1H3. The third-order valence-corrected chi connectivity index (χ3v) is 3.74. The minimum absolute atomic E-state index is 0.0290. The van der Waals surface area contributed by atoms with Crippen LogP contribution in [-0.2, 0) is 10.1 Å². The highest BCUT2D eigenvalue weighted by Gasteiger charge is 2.22. The summed E-state index contributed by atoms with van der Waals surface area (Å²) in [6.07, 6.45) is 0. The van der Waals surface area contributed by atoms with Crippen LogP contribution >= 0.6 is 0 Å². The quantitative estimate of drug-likeness (QED) is 0.877. The number of ether oxygens (including phenoxy) is 1. The molecule has 2 rings (SSSR count). The molecule has 0 aliphatic heterocycles. The minimum Gasteiger partial charge on any atom is -0.506 e. The smallest absolute Gasteiger partial charge is 0.343 e. The van der Waals surface area contributed by atoms with Gasteiger partial charge < -0.3 is 14.0 Å². The number of phenols is 1. The molecule has 2 aromatic carbocycles. The van der Waals surface area contributed by atoms with Gasteiger partial charge in [-0.3, -0.25) is 0 Å². The van der Waals surface area contributed by atoms with Gasteiger partial charge in [-0.25, -0.2) is 4.39 Å².